The van der Waals surface area contributed by atoms with Crippen LogP contribution in [0.3, 0.4) is 0 Å². The van der Waals surface area contributed by atoms with Crippen LogP contribution in [0.5, 0.6) is 5.75 Å². The van der Waals surface area contributed by atoms with E-state index in [1.54, 1.807) is 0 Å². The van der Waals surface area contributed by atoms with Crippen molar-refractivity contribution in [2.75, 3.05) is 26.8 Å². The van der Waals surface area contributed by atoms with Gasteiger partial charge in [-0.05, 0) is 36.5 Å². The molecule has 1 aromatic carbocycles. The molecule has 1 aromatic rings. The molecule has 134 valence electrons. The van der Waals surface area contributed by atoms with Gasteiger partial charge in [-0.3, -0.25) is 0 Å². The van der Waals surface area contributed by atoms with Gasteiger partial charge in [0.15, 0.2) is 6.04 Å². The monoisotopic (exact) mass is 346 g/mol. The summed E-state index contributed by atoms with van der Waals surface area (Å²) in [5.41, 5.74) is -0.0538. The summed E-state index contributed by atoms with van der Waals surface area (Å²) in [5, 5.41) is 11.2. The van der Waals surface area contributed by atoms with E-state index >= 15 is 0 Å². The number of piperidine rings is 1. The van der Waals surface area contributed by atoms with Gasteiger partial charge in [0.1, 0.15) is 5.75 Å². The summed E-state index contributed by atoms with van der Waals surface area (Å²) in [7, 11) is 1.42. The Balaban J connectivity index is 2.07. The number of methoxy groups -OCH3 is 1. The molecule has 0 aliphatic carbocycles. The minimum absolute atomic E-state index is 0.0342. The second kappa shape index (κ2) is 7.74. The smallest absolute Gasteiger partial charge is 0.412 e. The molecule has 2 amide bonds. The number of nitrogens with one attached hydrogen (secondary N) is 1. The van der Waals surface area contributed by atoms with Crippen LogP contribution < -0.4 is 10.1 Å². The zero-order valence-electron chi connectivity index (χ0n) is 13.3. The Morgan fingerprint density at radius 2 is 1.92 bits per heavy atom. The molecule has 0 bridgehead atoms. The Kier molecular flexibility index (Phi) is 5.93. The highest BCUT2D eigenvalue weighted by atomic mass is 19.4. The van der Waals surface area contributed by atoms with E-state index in [1.165, 1.54) is 36.3 Å². The molecule has 5 nitrogen and oxygen atoms in total. The van der Waals surface area contributed by atoms with E-state index in [4.69, 9.17) is 9.84 Å². The highest BCUT2D eigenvalue weighted by Gasteiger charge is 2.42. The van der Waals surface area contributed by atoms with Crippen molar-refractivity contribution in [3.05, 3.63) is 29.8 Å². The predicted octanol–water partition coefficient (Wildman–Crippen LogP) is 2.71. The third kappa shape index (κ3) is 4.53. The normalized spacial score (nSPS) is 17.5. The van der Waals surface area contributed by atoms with Crippen LogP contribution in [-0.4, -0.2) is 49.0 Å². The Morgan fingerprint density at radius 3 is 2.38 bits per heavy atom. The largest absolute Gasteiger partial charge is 0.497 e. The molecule has 1 fully saturated rings. The van der Waals surface area contributed by atoms with E-state index in [0.29, 0.717) is 31.7 Å². The van der Waals surface area contributed by atoms with Crippen LogP contribution in [0.25, 0.3) is 0 Å². The molecular formula is C16H21F3N2O3. The van der Waals surface area contributed by atoms with Gasteiger partial charge in [-0.15, -0.1) is 0 Å². The second-order valence-electron chi connectivity index (χ2n) is 5.81. The summed E-state index contributed by atoms with van der Waals surface area (Å²) in [6.45, 7) is 0.709. The molecule has 8 heteroatoms. The van der Waals surface area contributed by atoms with Gasteiger partial charge in [0, 0.05) is 19.7 Å². The molecular weight excluding hydrogens is 325 g/mol. The first-order valence-corrected chi connectivity index (χ1v) is 7.72. The third-order valence-corrected chi connectivity index (χ3v) is 4.20. The average molecular weight is 346 g/mol. The number of alkyl halides is 3. The standard InChI is InChI=1S/C16H21F3N2O3/c1-24-13-4-2-12(3-5-13)14(16(17,18)19)20-15(23)21-8-6-11(10-22)7-9-21/h2-5,11,14,22H,6-10H2,1H3,(H,20,23)/t14-/m1/s1. The average Bonchev–Trinajstić information content (AvgIpc) is 2.58. The summed E-state index contributed by atoms with van der Waals surface area (Å²) in [5.74, 6) is 0.547. The second-order valence-corrected chi connectivity index (χ2v) is 5.81. The Labute approximate surface area is 138 Å². The molecule has 0 spiro atoms. The van der Waals surface area contributed by atoms with Crippen LogP contribution in [0.2, 0.25) is 0 Å². The fourth-order valence-corrected chi connectivity index (χ4v) is 2.68. The molecule has 24 heavy (non-hydrogen) atoms. The molecule has 1 heterocycles. The van der Waals surface area contributed by atoms with Crippen molar-refractivity contribution in [3.63, 3.8) is 0 Å². The SMILES string of the molecule is COc1ccc([C@@H](NC(=O)N2CCC(CO)CC2)C(F)(F)F)cc1. The highest BCUT2D eigenvalue weighted by Crippen LogP contribution is 2.33. The lowest BCUT2D eigenvalue weighted by molar-refractivity contribution is -0.155. The number of halogens is 3. The van der Waals surface area contributed by atoms with Gasteiger partial charge in [-0.1, -0.05) is 12.1 Å². The first kappa shape index (κ1) is 18.4. The number of aliphatic hydroxyl groups excluding tert-OH is 1. The van der Waals surface area contributed by atoms with Crippen LogP contribution in [0.15, 0.2) is 24.3 Å². The van der Waals surface area contributed by atoms with Gasteiger partial charge in [-0.2, -0.15) is 13.2 Å². The molecule has 0 aromatic heterocycles. The van der Waals surface area contributed by atoms with Crippen LogP contribution >= 0.6 is 0 Å². The number of nitrogens with zero attached hydrogens (tertiary/aromatic N) is 1. The molecule has 0 radical (unpaired) electrons. The Morgan fingerprint density at radius 1 is 1.33 bits per heavy atom. The summed E-state index contributed by atoms with van der Waals surface area (Å²) in [6.07, 6.45) is -3.43. The van der Waals surface area contributed by atoms with Gasteiger partial charge >= 0.3 is 12.2 Å². The lowest BCUT2D eigenvalue weighted by Crippen LogP contribution is -2.48. The number of hydrogen-bond acceptors (Lipinski definition) is 3. The van der Waals surface area contributed by atoms with Gasteiger partial charge in [0.2, 0.25) is 0 Å². The van der Waals surface area contributed by atoms with Gasteiger partial charge in [-0.25, -0.2) is 4.79 Å². The van der Waals surface area contributed by atoms with Crippen molar-refractivity contribution >= 4 is 6.03 Å². The number of rotatable bonds is 4. The number of aliphatic hydroxyl groups is 1. The topological polar surface area (TPSA) is 61.8 Å². The van der Waals surface area contributed by atoms with Gasteiger partial charge in [0.05, 0.1) is 7.11 Å². The number of carbonyl (C=O) groups is 1. The first-order valence-electron chi connectivity index (χ1n) is 7.72. The van der Waals surface area contributed by atoms with Gasteiger partial charge < -0.3 is 20.1 Å². The van der Waals surface area contributed by atoms with E-state index in [9.17, 15) is 18.0 Å². The van der Waals surface area contributed by atoms with Crippen molar-refractivity contribution in [1.82, 2.24) is 10.2 Å². The summed E-state index contributed by atoms with van der Waals surface area (Å²) < 4.78 is 44.9. The molecule has 0 unspecified atom stereocenters. The zero-order valence-corrected chi connectivity index (χ0v) is 13.3. The number of urea groups is 1. The number of hydrogen-bond donors (Lipinski definition) is 2. The first-order chi connectivity index (χ1) is 11.3. The molecule has 1 aliphatic rings. The van der Waals surface area contributed by atoms with Crippen molar-refractivity contribution in [1.29, 1.82) is 0 Å². The maximum absolute atomic E-state index is 13.3. The van der Waals surface area contributed by atoms with Crippen LogP contribution in [0, 0.1) is 5.92 Å². The van der Waals surface area contributed by atoms with Crippen LogP contribution in [0.1, 0.15) is 24.4 Å². The maximum atomic E-state index is 13.3. The van der Waals surface area contributed by atoms with E-state index in [1.807, 2.05) is 0 Å². The van der Waals surface area contributed by atoms with Crippen molar-refractivity contribution in [2.24, 2.45) is 5.92 Å². The number of ether oxygens (including phenoxy) is 1. The quantitative estimate of drug-likeness (QED) is 0.881. The van der Waals surface area contributed by atoms with E-state index in [-0.39, 0.29) is 18.1 Å². The zero-order chi connectivity index (χ0) is 17.7. The van der Waals surface area contributed by atoms with Crippen molar-refractivity contribution in [2.45, 2.75) is 25.1 Å². The van der Waals surface area contributed by atoms with E-state index in [2.05, 4.69) is 5.32 Å². The molecule has 1 saturated heterocycles. The Hall–Kier alpha value is -1.96. The fraction of sp³-hybridized carbons (Fsp3) is 0.562. The maximum Gasteiger partial charge on any atom is 0.412 e. The number of benzene rings is 1. The summed E-state index contributed by atoms with van der Waals surface area (Å²) in [4.78, 5) is 13.5. The highest BCUT2D eigenvalue weighted by molar-refractivity contribution is 5.75. The van der Waals surface area contributed by atoms with Crippen molar-refractivity contribution < 1.29 is 27.8 Å². The minimum atomic E-state index is -4.60. The van der Waals surface area contributed by atoms with Crippen LogP contribution in [0.4, 0.5) is 18.0 Å². The number of amides is 2. The van der Waals surface area contributed by atoms with Gasteiger partial charge in [0.25, 0.3) is 0 Å². The van der Waals surface area contributed by atoms with E-state index in [0.717, 1.165) is 0 Å². The summed E-state index contributed by atoms with van der Waals surface area (Å²) >= 11 is 0. The Bertz CT molecular complexity index is 540. The lowest BCUT2D eigenvalue weighted by atomic mass is 9.98. The minimum Gasteiger partial charge on any atom is -0.497 e. The van der Waals surface area contributed by atoms with Crippen LogP contribution in [-0.2, 0) is 0 Å². The fourth-order valence-electron chi connectivity index (χ4n) is 2.68. The number of likely N-dealkylation sites (tertiary alicyclic amines) is 1. The number of carbonyl (C=O) groups excluding carboxylic acids is 1. The van der Waals surface area contributed by atoms with Crippen molar-refractivity contribution in [3.8, 4) is 5.75 Å². The molecule has 1 aliphatic heterocycles. The molecule has 0 saturated carbocycles. The predicted molar refractivity (Wildman–Crippen MR) is 81.7 cm³/mol. The molecule has 2 N–H and O–H groups in total. The lowest BCUT2D eigenvalue weighted by Gasteiger charge is -2.33. The molecule has 1 atom stereocenters. The third-order valence-electron chi connectivity index (χ3n) is 4.20. The summed E-state index contributed by atoms with van der Waals surface area (Å²) in [6, 6.07) is 2.60. The van der Waals surface area contributed by atoms with E-state index < -0.39 is 18.2 Å². The molecule has 2 rings (SSSR count).